The van der Waals surface area contributed by atoms with E-state index in [2.05, 4.69) is 20.9 Å². The zero-order valence-electron chi connectivity index (χ0n) is 17.0. The fraction of sp³-hybridized carbons (Fsp3) is 0.300. The fourth-order valence-electron chi connectivity index (χ4n) is 3.10. The number of aliphatic hydroxyl groups excluding tert-OH is 4. The molecule has 2 aromatic carbocycles. The quantitative estimate of drug-likeness (QED) is 0.161. The van der Waals surface area contributed by atoms with Crippen molar-refractivity contribution in [1.82, 2.24) is 4.98 Å². The SMILES string of the molecule is OC[C@H]1O[C@@H](Oc2c[nH]c3ccc(Br)c(Cl)c23)[C@H](O)[C@@H](O)[C@H]1O.Oc1c(Cl)c(Cl)c(Cl)c(Cl)c1Cl. The van der Waals surface area contributed by atoms with Crippen molar-refractivity contribution in [1.29, 1.82) is 0 Å². The number of fused-ring (bicyclic) bond motifs is 1. The lowest BCUT2D eigenvalue weighted by atomic mass is 9.99. The Morgan fingerprint density at radius 2 is 1.43 bits per heavy atom. The second kappa shape index (κ2) is 12.0. The molecule has 192 valence electrons. The van der Waals surface area contributed by atoms with Crippen molar-refractivity contribution in [3.8, 4) is 11.5 Å². The van der Waals surface area contributed by atoms with Gasteiger partial charge in [-0.1, -0.05) is 69.6 Å². The van der Waals surface area contributed by atoms with E-state index < -0.39 is 37.3 Å². The van der Waals surface area contributed by atoms with Crippen molar-refractivity contribution < 1.29 is 35.0 Å². The van der Waals surface area contributed by atoms with Crippen molar-refractivity contribution in [2.45, 2.75) is 30.7 Å². The summed E-state index contributed by atoms with van der Waals surface area (Å²) in [7, 11) is 0. The highest BCUT2D eigenvalue weighted by molar-refractivity contribution is 9.10. The zero-order valence-corrected chi connectivity index (χ0v) is 23.1. The Hall–Kier alpha value is -0.400. The number of H-pyrrole nitrogens is 1. The summed E-state index contributed by atoms with van der Waals surface area (Å²) in [5.74, 6) is -0.0478. The number of ether oxygens (including phenoxy) is 2. The van der Waals surface area contributed by atoms with Gasteiger partial charge in [0.15, 0.2) is 5.75 Å². The molecule has 4 rings (SSSR count). The van der Waals surface area contributed by atoms with E-state index in [4.69, 9.17) is 79.1 Å². The Balaban J connectivity index is 0.000000241. The maximum absolute atomic E-state index is 10.0. The van der Waals surface area contributed by atoms with Gasteiger partial charge in [-0.15, -0.1) is 0 Å². The topological polar surface area (TPSA) is 135 Å². The Kier molecular flexibility index (Phi) is 9.98. The molecule has 8 nitrogen and oxygen atoms in total. The van der Waals surface area contributed by atoms with Crippen LogP contribution >= 0.6 is 85.5 Å². The van der Waals surface area contributed by atoms with E-state index in [0.717, 1.165) is 5.52 Å². The molecule has 0 saturated carbocycles. The molecule has 35 heavy (non-hydrogen) atoms. The Labute approximate surface area is 236 Å². The lowest BCUT2D eigenvalue weighted by molar-refractivity contribution is -0.277. The molecule has 1 saturated heterocycles. The molecule has 1 aromatic heterocycles. The van der Waals surface area contributed by atoms with Crippen molar-refractivity contribution in [2.75, 3.05) is 6.61 Å². The molecular formula is C20H16BrCl6NO7. The second-order valence-electron chi connectivity index (χ2n) is 7.17. The Morgan fingerprint density at radius 3 is 2.00 bits per heavy atom. The van der Waals surface area contributed by atoms with Gasteiger partial charge in [0, 0.05) is 10.7 Å². The number of aromatic hydroxyl groups is 1. The average Bonchev–Trinajstić information content (AvgIpc) is 3.26. The minimum atomic E-state index is -1.50. The largest absolute Gasteiger partial charge is 0.505 e. The number of phenols is 1. The highest BCUT2D eigenvalue weighted by atomic mass is 79.9. The maximum atomic E-state index is 10.0. The zero-order chi connectivity index (χ0) is 26.2. The number of aromatic nitrogens is 1. The fourth-order valence-corrected chi connectivity index (χ4v) is 4.82. The maximum Gasteiger partial charge on any atom is 0.229 e. The number of phenolic OH excluding ortho intramolecular Hbond substituents is 1. The van der Waals surface area contributed by atoms with Crippen LogP contribution in [0.3, 0.4) is 0 Å². The van der Waals surface area contributed by atoms with Crippen LogP contribution in [0.15, 0.2) is 22.8 Å². The van der Waals surface area contributed by atoms with Crippen LogP contribution in [0.4, 0.5) is 0 Å². The summed E-state index contributed by atoms with van der Waals surface area (Å²) >= 11 is 37.5. The number of aliphatic hydroxyl groups is 4. The third kappa shape index (κ3) is 5.87. The molecule has 0 bridgehead atoms. The number of rotatable bonds is 3. The summed E-state index contributed by atoms with van der Waals surface area (Å²) in [6.07, 6.45) is -5.17. The van der Waals surface area contributed by atoms with E-state index in [1.54, 1.807) is 18.3 Å². The Bertz CT molecular complexity index is 1120. The van der Waals surface area contributed by atoms with Crippen LogP contribution < -0.4 is 4.74 Å². The summed E-state index contributed by atoms with van der Waals surface area (Å²) in [6, 6.07) is 3.57. The molecule has 2 heterocycles. The molecule has 0 spiro atoms. The Morgan fingerprint density at radius 1 is 0.857 bits per heavy atom. The third-order valence-corrected chi connectivity index (χ3v) is 8.52. The van der Waals surface area contributed by atoms with Gasteiger partial charge in [-0.25, -0.2) is 0 Å². The number of nitrogens with one attached hydrogen (secondary N) is 1. The number of hydrogen-bond acceptors (Lipinski definition) is 7. The van der Waals surface area contributed by atoms with Gasteiger partial charge in [0.2, 0.25) is 6.29 Å². The lowest BCUT2D eigenvalue weighted by Gasteiger charge is -2.39. The number of hydrogen-bond donors (Lipinski definition) is 6. The normalized spacial score (nSPS) is 24.3. The predicted molar refractivity (Wildman–Crippen MR) is 139 cm³/mol. The molecule has 3 aromatic rings. The number of benzene rings is 2. The monoisotopic (exact) mass is 671 g/mol. The minimum Gasteiger partial charge on any atom is -0.505 e. The van der Waals surface area contributed by atoms with Crippen molar-refractivity contribution in [2.24, 2.45) is 0 Å². The van der Waals surface area contributed by atoms with E-state index in [9.17, 15) is 25.5 Å². The van der Waals surface area contributed by atoms with Gasteiger partial charge in [0.1, 0.15) is 40.2 Å². The first-order valence-electron chi connectivity index (χ1n) is 9.53. The van der Waals surface area contributed by atoms with Gasteiger partial charge in [-0.3, -0.25) is 0 Å². The summed E-state index contributed by atoms with van der Waals surface area (Å²) in [4.78, 5) is 2.98. The molecular weight excluding hydrogens is 659 g/mol. The summed E-state index contributed by atoms with van der Waals surface area (Å²) in [5.41, 5.74) is 0.720. The minimum absolute atomic E-state index is 0.00904. The van der Waals surface area contributed by atoms with Crippen LogP contribution in [0.1, 0.15) is 0 Å². The van der Waals surface area contributed by atoms with Crippen LogP contribution in [0, 0.1) is 0 Å². The van der Waals surface area contributed by atoms with E-state index in [0.29, 0.717) is 20.6 Å². The molecule has 1 aliphatic rings. The van der Waals surface area contributed by atoms with Crippen LogP contribution in [-0.2, 0) is 4.74 Å². The highest BCUT2D eigenvalue weighted by Crippen LogP contribution is 2.47. The van der Waals surface area contributed by atoms with E-state index >= 15 is 0 Å². The van der Waals surface area contributed by atoms with Crippen molar-refractivity contribution in [3.63, 3.8) is 0 Å². The van der Waals surface area contributed by atoms with E-state index in [1.165, 1.54) is 0 Å². The van der Waals surface area contributed by atoms with Gasteiger partial charge < -0.3 is 40.0 Å². The molecule has 0 radical (unpaired) electrons. The van der Waals surface area contributed by atoms with Gasteiger partial charge in [0.25, 0.3) is 0 Å². The highest BCUT2D eigenvalue weighted by Gasteiger charge is 2.45. The predicted octanol–water partition coefficient (Wildman–Crippen LogP) is 5.42. The molecule has 0 unspecified atom stereocenters. The van der Waals surface area contributed by atoms with E-state index in [1.807, 2.05) is 0 Å². The molecule has 1 fully saturated rings. The van der Waals surface area contributed by atoms with Crippen molar-refractivity contribution in [3.05, 3.63) is 52.9 Å². The standard InChI is InChI=1S/C14H15BrClNO6.C6HCl5O/c15-5-1-2-6-9(10(5)16)7(3-17-6)22-14-13(21)12(20)11(19)8(4-18)23-14;7-1-2(8)4(10)6(12)5(11)3(1)9/h1-3,8,11-14,17-21H,4H2;12H/t8-,11+,12+,13-,14-;/m1./s1. The van der Waals surface area contributed by atoms with Gasteiger partial charge in [0.05, 0.1) is 37.6 Å². The molecule has 6 N–H and O–H groups in total. The molecule has 0 aliphatic carbocycles. The van der Waals surface area contributed by atoms with Crippen LogP contribution in [0.25, 0.3) is 10.9 Å². The second-order valence-corrected chi connectivity index (χ2v) is 10.3. The van der Waals surface area contributed by atoms with Crippen LogP contribution in [0.2, 0.25) is 30.1 Å². The molecule has 5 atom stereocenters. The van der Waals surface area contributed by atoms with Gasteiger partial charge in [-0.2, -0.15) is 0 Å². The van der Waals surface area contributed by atoms with Gasteiger partial charge in [-0.05, 0) is 28.1 Å². The summed E-state index contributed by atoms with van der Waals surface area (Å²) in [6.45, 7) is -0.523. The van der Waals surface area contributed by atoms with Crippen LogP contribution in [0.5, 0.6) is 11.5 Å². The van der Waals surface area contributed by atoms with Gasteiger partial charge >= 0.3 is 0 Å². The average molecular weight is 675 g/mol. The summed E-state index contributed by atoms with van der Waals surface area (Å²) in [5, 5.41) is 48.8. The number of halogens is 7. The van der Waals surface area contributed by atoms with Crippen molar-refractivity contribution >= 4 is 96.4 Å². The first kappa shape index (κ1) is 29.2. The van der Waals surface area contributed by atoms with Crippen LogP contribution in [-0.4, -0.2) is 67.8 Å². The lowest BCUT2D eigenvalue weighted by Crippen LogP contribution is -2.60. The molecule has 0 amide bonds. The first-order chi connectivity index (χ1) is 16.4. The number of aromatic amines is 1. The van der Waals surface area contributed by atoms with E-state index in [-0.39, 0.29) is 30.9 Å². The summed E-state index contributed by atoms with van der Waals surface area (Å²) < 4.78 is 11.6. The third-order valence-electron chi connectivity index (χ3n) is 4.98. The smallest absolute Gasteiger partial charge is 0.229 e. The molecule has 1 aliphatic heterocycles. The molecule has 15 heteroatoms. The first-order valence-corrected chi connectivity index (χ1v) is 12.6.